The van der Waals surface area contributed by atoms with Crippen molar-refractivity contribution in [2.75, 3.05) is 5.32 Å². The van der Waals surface area contributed by atoms with E-state index in [1.807, 2.05) is 24.3 Å². The number of carbonyl (C=O) groups is 2. The molecule has 0 unspecified atom stereocenters. The molecule has 22 heavy (non-hydrogen) atoms. The monoisotopic (exact) mass is 316 g/mol. The molecule has 1 heterocycles. The minimum absolute atomic E-state index is 0.171. The minimum Gasteiger partial charge on any atom is -0.350 e. The van der Waals surface area contributed by atoms with Gasteiger partial charge >= 0.3 is 0 Å². The molecule has 1 aromatic carbocycles. The van der Waals surface area contributed by atoms with Crippen LogP contribution in [0.1, 0.15) is 32.6 Å². The molecule has 2 aliphatic rings. The Morgan fingerprint density at radius 1 is 1.32 bits per heavy atom. The van der Waals surface area contributed by atoms with Gasteiger partial charge in [0.2, 0.25) is 5.91 Å². The maximum Gasteiger partial charge on any atom is 0.262 e. The van der Waals surface area contributed by atoms with E-state index < -0.39 is 0 Å². The van der Waals surface area contributed by atoms with E-state index in [0.717, 1.165) is 29.8 Å². The first kappa shape index (κ1) is 15.2. The van der Waals surface area contributed by atoms with Gasteiger partial charge in [-0.15, -0.1) is 0 Å². The topological polar surface area (TPSA) is 58.2 Å². The first-order chi connectivity index (χ1) is 10.6. The molecule has 0 saturated heterocycles. The quantitative estimate of drug-likeness (QED) is 0.823. The third-order valence-electron chi connectivity index (χ3n) is 4.28. The number of fused-ring (bicyclic) bond motifs is 1. The normalized spacial score (nSPS) is 26.2. The molecule has 1 saturated carbocycles. The largest absolute Gasteiger partial charge is 0.350 e. The highest BCUT2D eigenvalue weighted by atomic mass is 32.2. The first-order valence-corrected chi connectivity index (χ1v) is 8.55. The van der Waals surface area contributed by atoms with Gasteiger partial charge in [0.25, 0.3) is 5.91 Å². The predicted octanol–water partition coefficient (Wildman–Crippen LogP) is 3.31. The Morgan fingerprint density at radius 2 is 2.09 bits per heavy atom. The van der Waals surface area contributed by atoms with E-state index in [4.69, 9.17) is 0 Å². The van der Waals surface area contributed by atoms with Gasteiger partial charge < -0.3 is 10.6 Å². The van der Waals surface area contributed by atoms with Crippen LogP contribution in [0.3, 0.4) is 0 Å². The van der Waals surface area contributed by atoms with Crippen molar-refractivity contribution >= 4 is 29.3 Å². The van der Waals surface area contributed by atoms with Crippen molar-refractivity contribution in [2.45, 2.75) is 43.5 Å². The summed E-state index contributed by atoms with van der Waals surface area (Å²) >= 11 is 1.34. The van der Waals surface area contributed by atoms with E-state index in [-0.39, 0.29) is 17.9 Å². The van der Waals surface area contributed by atoms with Crippen molar-refractivity contribution in [3.05, 3.63) is 35.2 Å². The second-order valence-electron chi connectivity index (χ2n) is 5.94. The summed E-state index contributed by atoms with van der Waals surface area (Å²) in [5.74, 6) is 0.121. The number of anilines is 1. The van der Waals surface area contributed by atoms with E-state index in [0.29, 0.717) is 10.8 Å². The van der Waals surface area contributed by atoms with Gasteiger partial charge in [0.1, 0.15) is 0 Å². The summed E-state index contributed by atoms with van der Waals surface area (Å²) in [5, 5.41) is 5.87. The Bertz CT molecular complexity index is 627. The van der Waals surface area contributed by atoms with E-state index >= 15 is 0 Å². The summed E-state index contributed by atoms with van der Waals surface area (Å²) in [6.07, 6.45) is 6.01. The second-order valence-corrected chi connectivity index (χ2v) is 7.02. The van der Waals surface area contributed by atoms with Crippen LogP contribution >= 0.6 is 11.8 Å². The second kappa shape index (κ2) is 6.57. The number of hydrogen-bond acceptors (Lipinski definition) is 3. The molecule has 0 aromatic heterocycles. The molecule has 5 heteroatoms. The third-order valence-corrected chi connectivity index (χ3v) is 5.38. The van der Waals surface area contributed by atoms with Crippen LogP contribution in [0, 0.1) is 5.92 Å². The molecule has 2 amide bonds. The third kappa shape index (κ3) is 3.35. The molecular weight excluding hydrogens is 296 g/mol. The van der Waals surface area contributed by atoms with Crippen molar-refractivity contribution in [1.82, 2.24) is 5.32 Å². The molecule has 0 spiro atoms. The van der Waals surface area contributed by atoms with Crippen molar-refractivity contribution in [1.29, 1.82) is 0 Å². The summed E-state index contributed by atoms with van der Waals surface area (Å²) < 4.78 is 0. The van der Waals surface area contributed by atoms with Crippen molar-refractivity contribution < 1.29 is 9.59 Å². The lowest BCUT2D eigenvalue weighted by Crippen LogP contribution is -2.40. The van der Waals surface area contributed by atoms with Gasteiger partial charge in [0.05, 0.1) is 10.6 Å². The van der Waals surface area contributed by atoms with E-state index in [1.54, 1.807) is 0 Å². The molecule has 1 fully saturated rings. The number of para-hydroxylation sites is 1. The summed E-state index contributed by atoms with van der Waals surface area (Å²) in [6, 6.07) is 7.83. The van der Waals surface area contributed by atoms with E-state index in [2.05, 4.69) is 17.6 Å². The molecule has 116 valence electrons. The summed E-state index contributed by atoms with van der Waals surface area (Å²) in [7, 11) is 0. The zero-order valence-electron chi connectivity index (χ0n) is 12.6. The van der Waals surface area contributed by atoms with Gasteiger partial charge in [-0.25, -0.2) is 0 Å². The van der Waals surface area contributed by atoms with Crippen LogP contribution in [0.5, 0.6) is 0 Å². The highest BCUT2D eigenvalue weighted by Gasteiger charge is 2.24. The Labute approximate surface area is 134 Å². The average molecular weight is 316 g/mol. The average Bonchev–Trinajstić information content (AvgIpc) is 2.50. The lowest BCUT2D eigenvalue weighted by Gasteiger charge is -2.29. The smallest absolute Gasteiger partial charge is 0.262 e. The number of rotatable bonds is 2. The van der Waals surface area contributed by atoms with Gasteiger partial charge in [-0.3, -0.25) is 9.59 Å². The summed E-state index contributed by atoms with van der Waals surface area (Å²) in [4.78, 5) is 25.7. The van der Waals surface area contributed by atoms with Crippen LogP contribution in [-0.2, 0) is 9.59 Å². The van der Waals surface area contributed by atoms with Crippen LogP contribution in [0.25, 0.3) is 0 Å². The van der Waals surface area contributed by atoms with Gasteiger partial charge in [-0.2, -0.15) is 0 Å². The first-order valence-electron chi connectivity index (χ1n) is 7.74. The van der Waals surface area contributed by atoms with Crippen LogP contribution in [0.2, 0.25) is 0 Å². The summed E-state index contributed by atoms with van der Waals surface area (Å²) in [6.45, 7) is 2.18. The molecule has 3 rings (SSSR count). The van der Waals surface area contributed by atoms with Crippen molar-refractivity contribution in [3.63, 3.8) is 0 Å². The molecule has 1 aliphatic carbocycles. The lowest BCUT2D eigenvalue weighted by molar-refractivity contribution is -0.118. The van der Waals surface area contributed by atoms with Crippen LogP contribution < -0.4 is 10.6 Å². The van der Waals surface area contributed by atoms with Gasteiger partial charge in [0, 0.05) is 17.0 Å². The Balaban J connectivity index is 1.69. The fourth-order valence-electron chi connectivity index (χ4n) is 2.98. The van der Waals surface area contributed by atoms with Gasteiger partial charge in [-0.1, -0.05) is 43.7 Å². The van der Waals surface area contributed by atoms with Gasteiger partial charge in [-0.05, 0) is 30.9 Å². The number of amides is 2. The lowest BCUT2D eigenvalue weighted by atomic mass is 9.86. The number of hydrogen-bond donors (Lipinski definition) is 2. The Morgan fingerprint density at radius 3 is 2.91 bits per heavy atom. The maximum atomic E-state index is 12.2. The van der Waals surface area contributed by atoms with Crippen molar-refractivity contribution in [3.8, 4) is 0 Å². The molecule has 2 N–H and O–H groups in total. The molecule has 1 aromatic rings. The molecule has 0 bridgehead atoms. The number of thioether (sulfide) groups is 1. The predicted molar refractivity (Wildman–Crippen MR) is 88.6 cm³/mol. The zero-order chi connectivity index (χ0) is 15.5. The van der Waals surface area contributed by atoms with Crippen LogP contribution in [0.15, 0.2) is 40.1 Å². The number of benzene rings is 1. The molecular formula is C17H20N2O2S. The van der Waals surface area contributed by atoms with Crippen LogP contribution in [0.4, 0.5) is 5.69 Å². The molecule has 4 nitrogen and oxygen atoms in total. The maximum absolute atomic E-state index is 12.2. The fraction of sp³-hybridized carbons (Fsp3) is 0.412. The Hall–Kier alpha value is -1.75. The zero-order valence-corrected chi connectivity index (χ0v) is 13.4. The number of nitrogens with one attached hydrogen (secondary N) is 2. The van der Waals surface area contributed by atoms with E-state index in [9.17, 15) is 9.59 Å². The molecule has 2 atom stereocenters. The summed E-state index contributed by atoms with van der Waals surface area (Å²) in [5.41, 5.74) is 0.802. The SMILES string of the molecule is C[C@@H]1CCCC[C@H]1NC(=O)/C=C1\Sc2ccccc2NC1=O. The number of carbonyl (C=O) groups excluding carboxylic acids is 2. The van der Waals surface area contributed by atoms with Crippen LogP contribution in [-0.4, -0.2) is 17.9 Å². The van der Waals surface area contributed by atoms with E-state index in [1.165, 1.54) is 24.3 Å². The van der Waals surface area contributed by atoms with Gasteiger partial charge in [0.15, 0.2) is 0 Å². The highest BCUT2D eigenvalue weighted by molar-refractivity contribution is 8.04. The highest BCUT2D eigenvalue weighted by Crippen LogP contribution is 2.37. The fourth-order valence-corrected chi connectivity index (χ4v) is 3.90. The molecule has 1 aliphatic heterocycles. The molecule has 0 radical (unpaired) electrons. The Kier molecular flexibility index (Phi) is 4.52. The van der Waals surface area contributed by atoms with Crippen molar-refractivity contribution in [2.24, 2.45) is 5.92 Å². The minimum atomic E-state index is -0.212. The standard InChI is InChI=1S/C17H20N2O2S/c1-11-6-2-3-7-12(11)18-16(20)10-15-17(21)19-13-8-4-5-9-14(13)22-15/h4-5,8-12H,2-3,6-7H2,1H3,(H,18,20)(H,19,21)/b15-10-/t11-,12-/m1/s1.